The SMILES string of the molecule is Cn1nccc1CNC(=O)c1ccc(NN)c([N+](=O)[O-])c1. The highest BCUT2D eigenvalue weighted by molar-refractivity contribution is 5.95. The Balaban J connectivity index is 2.14. The van der Waals surface area contributed by atoms with Crippen molar-refractivity contribution in [3.63, 3.8) is 0 Å². The fourth-order valence-electron chi connectivity index (χ4n) is 1.79. The Bertz CT molecular complexity index is 681. The van der Waals surface area contributed by atoms with E-state index in [9.17, 15) is 14.9 Å². The number of aromatic nitrogens is 2. The topological polar surface area (TPSA) is 128 Å². The Kier molecular flexibility index (Phi) is 4.14. The zero-order valence-corrected chi connectivity index (χ0v) is 11.2. The van der Waals surface area contributed by atoms with E-state index in [0.29, 0.717) is 0 Å². The van der Waals surface area contributed by atoms with Gasteiger partial charge in [0.2, 0.25) is 0 Å². The van der Waals surface area contributed by atoms with Crippen molar-refractivity contribution in [2.45, 2.75) is 6.54 Å². The Morgan fingerprint density at radius 3 is 2.81 bits per heavy atom. The summed E-state index contributed by atoms with van der Waals surface area (Å²) in [5, 5.41) is 17.6. The van der Waals surface area contributed by atoms with Crippen molar-refractivity contribution in [2.75, 3.05) is 5.43 Å². The van der Waals surface area contributed by atoms with Crippen LogP contribution in [-0.4, -0.2) is 20.6 Å². The smallest absolute Gasteiger partial charge is 0.294 e. The van der Waals surface area contributed by atoms with Gasteiger partial charge in [-0.1, -0.05) is 0 Å². The molecule has 1 amide bonds. The molecule has 0 aliphatic carbocycles. The van der Waals surface area contributed by atoms with E-state index in [4.69, 9.17) is 5.84 Å². The average Bonchev–Trinajstić information content (AvgIpc) is 2.89. The molecule has 0 spiro atoms. The minimum atomic E-state index is -0.604. The van der Waals surface area contributed by atoms with Crippen LogP contribution >= 0.6 is 0 Å². The van der Waals surface area contributed by atoms with Crippen molar-refractivity contribution in [2.24, 2.45) is 12.9 Å². The number of nitro groups is 1. The first-order chi connectivity index (χ1) is 10.0. The van der Waals surface area contributed by atoms with Crippen molar-refractivity contribution >= 4 is 17.3 Å². The van der Waals surface area contributed by atoms with Crippen molar-refractivity contribution in [1.29, 1.82) is 0 Å². The number of hydrogen-bond acceptors (Lipinski definition) is 6. The van der Waals surface area contributed by atoms with E-state index in [1.807, 2.05) is 0 Å². The number of hydrazine groups is 1. The largest absolute Gasteiger partial charge is 0.346 e. The predicted molar refractivity (Wildman–Crippen MR) is 75.3 cm³/mol. The van der Waals surface area contributed by atoms with Crippen molar-refractivity contribution in [1.82, 2.24) is 15.1 Å². The van der Waals surface area contributed by atoms with Crippen molar-refractivity contribution in [3.05, 3.63) is 51.8 Å². The number of amides is 1. The second-order valence-corrected chi connectivity index (χ2v) is 4.26. The minimum absolute atomic E-state index is 0.142. The summed E-state index contributed by atoms with van der Waals surface area (Å²) in [5.74, 6) is 4.78. The van der Waals surface area contributed by atoms with Gasteiger partial charge in [-0.15, -0.1) is 0 Å². The van der Waals surface area contributed by atoms with Gasteiger partial charge in [0.1, 0.15) is 5.69 Å². The quantitative estimate of drug-likeness (QED) is 0.419. The van der Waals surface area contributed by atoms with Crippen LogP contribution in [0.3, 0.4) is 0 Å². The molecule has 2 rings (SSSR count). The maximum Gasteiger partial charge on any atom is 0.294 e. The van der Waals surface area contributed by atoms with Crippen LogP contribution in [0.15, 0.2) is 30.5 Å². The summed E-state index contributed by atoms with van der Waals surface area (Å²) in [5.41, 5.74) is 3.10. The molecular weight excluding hydrogens is 276 g/mol. The molecule has 1 aromatic carbocycles. The molecule has 0 unspecified atom stereocenters. The van der Waals surface area contributed by atoms with Gasteiger partial charge < -0.3 is 10.7 Å². The number of aryl methyl sites for hydroxylation is 1. The van der Waals surface area contributed by atoms with Crippen LogP contribution in [0.4, 0.5) is 11.4 Å². The molecule has 1 aromatic heterocycles. The molecule has 110 valence electrons. The molecule has 0 radical (unpaired) electrons. The summed E-state index contributed by atoms with van der Waals surface area (Å²) in [6.45, 7) is 0.278. The third-order valence-corrected chi connectivity index (χ3v) is 2.96. The zero-order valence-electron chi connectivity index (χ0n) is 11.2. The zero-order chi connectivity index (χ0) is 15.4. The monoisotopic (exact) mass is 290 g/mol. The van der Waals surface area contributed by atoms with Crippen LogP contribution < -0.4 is 16.6 Å². The molecular formula is C12H14N6O3. The lowest BCUT2D eigenvalue weighted by Gasteiger charge is -2.07. The van der Waals surface area contributed by atoms with Gasteiger partial charge in [0.25, 0.3) is 11.6 Å². The predicted octanol–water partition coefficient (Wildman–Crippen LogP) is 0.544. The number of nitrogens with zero attached hydrogens (tertiary/aromatic N) is 3. The second kappa shape index (κ2) is 6.01. The Labute approximate surface area is 119 Å². The molecule has 0 saturated heterocycles. The molecule has 21 heavy (non-hydrogen) atoms. The second-order valence-electron chi connectivity index (χ2n) is 4.26. The first kappa shape index (κ1) is 14.5. The highest BCUT2D eigenvalue weighted by atomic mass is 16.6. The lowest BCUT2D eigenvalue weighted by atomic mass is 10.1. The number of nitro benzene ring substituents is 1. The molecule has 0 fully saturated rings. The number of nitrogen functional groups attached to an aromatic ring is 1. The highest BCUT2D eigenvalue weighted by Crippen LogP contribution is 2.24. The molecule has 0 saturated carbocycles. The summed E-state index contributed by atoms with van der Waals surface area (Å²) in [7, 11) is 1.76. The molecule has 0 aliphatic heterocycles. The Morgan fingerprint density at radius 2 is 2.24 bits per heavy atom. The van der Waals surface area contributed by atoms with Gasteiger partial charge in [0, 0.05) is 24.9 Å². The minimum Gasteiger partial charge on any atom is -0.346 e. The van der Waals surface area contributed by atoms with Crippen LogP contribution in [0.5, 0.6) is 0 Å². The summed E-state index contributed by atoms with van der Waals surface area (Å²) < 4.78 is 1.63. The third-order valence-electron chi connectivity index (χ3n) is 2.96. The van der Waals surface area contributed by atoms with E-state index >= 15 is 0 Å². The molecule has 4 N–H and O–H groups in total. The summed E-state index contributed by atoms with van der Waals surface area (Å²) in [6, 6.07) is 5.79. The first-order valence-electron chi connectivity index (χ1n) is 6.03. The van der Waals surface area contributed by atoms with Gasteiger partial charge in [-0.05, 0) is 18.2 Å². The number of hydrogen-bond donors (Lipinski definition) is 3. The van der Waals surface area contributed by atoms with Crippen molar-refractivity contribution < 1.29 is 9.72 Å². The molecule has 0 bridgehead atoms. The number of carbonyl (C=O) groups is 1. The lowest BCUT2D eigenvalue weighted by molar-refractivity contribution is -0.384. The standard InChI is InChI=1S/C12H14N6O3/c1-17-9(4-5-15-17)7-14-12(19)8-2-3-10(16-13)11(6-8)18(20)21/h2-6,16H,7,13H2,1H3,(H,14,19). The van der Waals surface area contributed by atoms with Crippen LogP contribution in [0.1, 0.15) is 16.1 Å². The summed E-state index contributed by atoms with van der Waals surface area (Å²) in [4.78, 5) is 22.3. The maximum absolute atomic E-state index is 12.0. The van der Waals surface area contributed by atoms with Gasteiger partial charge in [-0.2, -0.15) is 5.10 Å². The molecule has 2 aromatic rings. The van der Waals surface area contributed by atoms with Crippen LogP contribution in [0, 0.1) is 10.1 Å². The summed E-state index contributed by atoms with van der Waals surface area (Å²) >= 11 is 0. The number of anilines is 1. The van der Waals surface area contributed by atoms with Gasteiger partial charge in [0.05, 0.1) is 17.2 Å². The molecule has 0 aliphatic rings. The van der Waals surface area contributed by atoms with E-state index in [2.05, 4.69) is 15.8 Å². The fourth-order valence-corrected chi connectivity index (χ4v) is 1.79. The lowest BCUT2D eigenvalue weighted by Crippen LogP contribution is -2.24. The van der Waals surface area contributed by atoms with Crippen LogP contribution in [0.25, 0.3) is 0 Å². The van der Waals surface area contributed by atoms with Gasteiger partial charge in [-0.25, -0.2) is 0 Å². The Hall–Kier alpha value is -2.94. The van der Waals surface area contributed by atoms with Crippen LogP contribution in [-0.2, 0) is 13.6 Å². The average molecular weight is 290 g/mol. The van der Waals surface area contributed by atoms with Gasteiger partial charge in [-0.3, -0.25) is 25.4 Å². The molecule has 1 heterocycles. The van der Waals surface area contributed by atoms with E-state index in [1.54, 1.807) is 24.0 Å². The normalized spacial score (nSPS) is 10.2. The van der Waals surface area contributed by atoms with Gasteiger partial charge >= 0.3 is 0 Å². The van der Waals surface area contributed by atoms with E-state index in [-0.39, 0.29) is 23.5 Å². The van der Waals surface area contributed by atoms with Crippen LogP contribution in [0.2, 0.25) is 0 Å². The first-order valence-corrected chi connectivity index (χ1v) is 6.03. The fraction of sp³-hybridized carbons (Fsp3) is 0.167. The van der Waals surface area contributed by atoms with E-state index in [0.717, 1.165) is 5.69 Å². The number of nitrogens with one attached hydrogen (secondary N) is 2. The summed E-state index contributed by atoms with van der Waals surface area (Å²) in [6.07, 6.45) is 1.62. The van der Waals surface area contributed by atoms with E-state index in [1.165, 1.54) is 18.2 Å². The molecule has 0 atom stereocenters. The molecule has 9 nitrogen and oxygen atoms in total. The number of carbonyl (C=O) groups excluding carboxylic acids is 1. The maximum atomic E-state index is 12.0. The number of benzene rings is 1. The Morgan fingerprint density at radius 1 is 1.48 bits per heavy atom. The molecule has 9 heteroatoms. The number of nitrogens with two attached hydrogens (primary N) is 1. The van der Waals surface area contributed by atoms with Gasteiger partial charge in [0.15, 0.2) is 0 Å². The van der Waals surface area contributed by atoms with E-state index < -0.39 is 10.8 Å². The highest BCUT2D eigenvalue weighted by Gasteiger charge is 2.17. The van der Waals surface area contributed by atoms with Crippen molar-refractivity contribution in [3.8, 4) is 0 Å². The third kappa shape index (κ3) is 3.15. The number of rotatable bonds is 5.